The first-order chi connectivity index (χ1) is 7.75. The molecule has 2 saturated heterocycles. The second-order valence-electron chi connectivity index (χ2n) is 3.95. The molecule has 0 radical (unpaired) electrons. The Morgan fingerprint density at radius 1 is 1.00 bits per heavy atom. The maximum absolute atomic E-state index is 11.7. The van der Waals surface area contributed by atoms with Crippen LogP contribution < -0.4 is 0 Å². The van der Waals surface area contributed by atoms with E-state index in [9.17, 15) is 9.59 Å². The van der Waals surface area contributed by atoms with Crippen molar-refractivity contribution in [2.75, 3.05) is 13.2 Å². The van der Waals surface area contributed by atoms with Gasteiger partial charge in [-0.05, 0) is 6.07 Å². The highest BCUT2D eigenvalue weighted by atomic mass is 16.6. The van der Waals surface area contributed by atoms with E-state index in [4.69, 9.17) is 9.47 Å². The van der Waals surface area contributed by atoms with Crippen molar-refractivity contribution in [1.29, 1.82) is 0 Å². The van der Waals surface area contributed by atoms with Crippen molar-refractivity contribution in [3.8, 4) is 0 Å². The topological polar surface area (TPSA) is 59.2 Å². The quantitative estimate of drug-likeness (QED) is 0.555. The van der Waals surface area contributed by atoms with Crippen LogP contribution in [0.5, 0.6) is 0 Å². The molecule has 0 N–H and O–H groups in total. The zero-order valence-corrected chi connectivity index (χ0v) is 8.51. The van der Waals surface area contributed by atoms with E-state index in [-0.39, 0.29) is 23.8 Å². The summed E-state index contributed by atoms with van der Waals surface area (Å²) < 4.78 is 9.85. The number of hydrogen-bond donors (Lipinski definition) is 0. The molecular formula is C12H10O4. The molecule has 4 nitrogen and oxygen atoms in total. The molecule has 0 spiro atoms. The first-order valence-corrected chi connectivity index (χ1v) is 5.17. The van der Waals surface area contributed by atoms with Gasteiger partial charge in [-0.2, -0.15) is 0 Å². The molecule has 2 aliphatic rings. The third kappa shape index (κ3) is 1.77. The Hall–Kier alpha value is -1.52. The first kappa shape index (κ1) is 9.69. The Morgan fingerprint density at radius 2 is 1.44 bits per heavy atom. The second kappa shape index (κ2) is 3.50. The SMILES string of the molecule is O=C(c1cccc(C(=O)C2CO2)c1)C1CO1. The molecule has 0 amide bonds. The summed E-state index contributed by atoms with van der Waals surface area (Å²) in [5, 5.41) is 0. The van der Waals surface area contributed by atoms with Gasteiger partial charge in [-0.3, -0.25) is 9.59 Å². The number of epoxide rings is 2. The van der Waals surface area contributed by atoms with E-state index < -0.39 is 0 Å². The number of benzene rings is 1. The molecule has 16 heavy (non-hydrogen) atoms. The molecule has 1 aromatic rings. The summed E-state index contributed by atoms with van der Waals surface area (Å²) in [6.45, 7) is 0.978. The van der Waals surface area contributed by atoms with Gasteiger partial charge < -0.3 is 9.47 Å². The van der Waals surface area contributed by atoms with Crippen LogP contribution in [-0.2, 0) is 9.47 Å². The van der Waals surface area contributed by atoms with Gasteiger partial charge in [0.25, 0.3) is 0 Å². The van der Waals surface area contributed by atoms with Gasteiger partial charge in [0, 0.05) is 11.1 Å². The summed E-state index contributed by atoms with van der Waals surface area (Å²) in [5.74, 6) is -0.0993. The predicted molar refractivity (Wildman–Crippen MR) is 54.6 cm³/mol. The molecule has 0 saturated carbocycles. The molecule has 2 heterocycles. The summed E-state index contributed by atoms with van der Waals surface area (Å²) in [5.41, 5.74) is 1.07. The number of hydrogen-bond acceptors (Lipinski definition) is 4. The maximum atomic E-state index is 11.7. The highest BCUT2D eigenvalue weighted by Gasteiger charge is 2.34. The number of ketones is 2. The van der Waals surface area contributed by atoms with Crippen molar-refractivity contribution in [2.45, 2.75) is 12.2 Å². The Labute approximate surface area is 92.2 Å². The lowest BCUT2D eigenvalue weighted by Gasteiger charge is -2.01. The smallest absolute Gasteiger partial charge is 0.193 e. The Kier molecular flexibility index (Phi) is 2.12. The van der Waals surface area contributed by atoms with Crippen LogP contribution in [0.1, 0.15) is 20.7 Å². The fourth-order valence-electron chi connectivity index (χ4n) is 1.60. The molecule has 1 aromatic carbocycles. The number of carbonyl (C=O) groups is 2. The van der Waals surface area contributed by atoms with Crippen LogP contribution in [-0.4, -0.2) is 37.0 Å². The number of Topliss-reactive ketones (excluding diaryl/α,β-unsaturated/α-hetero) is 2. The van der Waals surface area contributed by atoms with Crippen LogP contribution >= 0.6 is 0 Å². The third-order valence-electron chi connectivity index (χ3n) is 2.68. The summed E-state index contributed by atoms with van der Waals surface area (Å²) in [6, 6.07) is 6.74. The van der Waals surface area contributed by atoms with Crippen molar-refractivity contribution in [3.05, 3.63) is 35.4 Å². The van der Waals surface area contributed by atoms with Gasteiger partial charge in [-0.15, -0.1) is 0 Å². The fraction of sp³-hybridized carbons (Fsp3) is 0.333. The number of rotatable bonds is 4. The van der Waals surface area contributed by atoms with E-state index >= 15 is 0 Å². The normalized spacial score (nSPS) is 26.2. The Morgan fingerprint density at radius 3 is 1.81 bits per heavy atom. The molecule has 0 aromatic heterocycles. The molecule has 2 atom stereocenters. The van der Waals surface area contributed by atoms with Gasteiger partial charge >= 0.3 is 0 Å². The van der Waals surface area contributed by atoms with Crippen LogP contribution in [0.3, 0.4) is 0 Å². The van der Waals surface area contributed by atoms with E-state index in [0.29, 0.717) is 24.3 Å². The monoisotopic (exact) mass is 218 g/mol. The van der Waals surface area contributed by atoms with Gasteiger partial charge in [0.05, 0.1) is 13.2 Å². The zero-order valence-electron chi connectivity index (χ0n) is 8.51. The van der Waals surface area contributed by atoms with E-state index in [0.717, 1.165) is 0 Å². The third-order valence-corrected chi connectivity index (χ3v) is 2.68. The van der Waals surface area contributed by atoms with E-state index in [1.54, 1.807) is 24.3 Å². The molecule has 82 valence electrons. The van der Waals surface area contributed by atoms with Gasteiger partial charge in [-0.25, -0.2) is 0 Å². The van der Waals surface area contributed by atoms with Gasteiger partial charge in [0.2, 0.25) is 0 Å². The molecule has 0 bridgehead atoms. The highest BCUT2D eigenvalue weighted by molar-refractivity contribution is 6.05. The lowest BCUT2D eigenvalue weighted by molar-refractivity contribution is 0.0953. The van der Waals surface area contributed by atoms with Gasteiger partial charge in [0.15, 0.2) is 11.6 Å². The average molecular weight is 218 g/mol. The number of ether oxygens (including phenoxy) is 2. The first-order valence-electron chi connectivity index (χ1n) is 5.17. The zero-order chi connectivity index (χ0) is 11.1. The molecule has 0 aliphatic carbocycles. The summed E-state index contributed by atoms with van der Waals surface area (Å²) in [6.07, 6.45) is -0.606. The molecule has 4 heteroatoms. The van der Waals surface area contributed by atoms with Crippen molar-refractivity contribution in [1.82, 2.24) is 0 Å². The largest absolute Gasteiger partial charge is 0.364 e. The van der Waals surface area contributed by atoms with Gasteiger partial charge in [0.1, 0.15) is 12.2 Å². The minimum atomic E-state index is -0.303. The Bertz CT molecular complexity index is 419. The summed E-state index contributed by atoms with van der Waals surface area (Å²) >= 11 is 0. The maximum Gasteiger partial charge on any atom is 0.193 e. The van der Waals surface area contributed by atoms with Gasteiger partial charge in [-0.1, -0.05) is 18.2 Å². The van der Waals surface area contributed by atoms with E-state index in [1.165, 1.54) is 0 Å². The molecular weight excluding hydrogens is 208 g/mol. The van der Waals surface area contributed by atoms with Crippen LogP contribution in [0.2, 0.25) is 0 Å². The molecule has 3 rings (SSSR count). The van der Waals surface area contributed by atoms with Crippen LogP contribution in [0.25, 0.3) is 0 Å². The lowest BCUT2D eigenvalue weighted by Crippen LogP contribution is -2.11. The van der Waals surface area contributed by atoms with E-state index in [2.05, 4.69) is 0 Å². The average Bonchev–Trinajstić information content (AvgIpc) is 3.20. The van der Waals surface area contributed by atoms with Crippen LogP contribution in [0, 0.1) is 0 Å². The van der Waals surface area contributed by atoms with Crippen LogP contribution in [0.15, 0.2) is 24.3 Å². The summed E-state index contributed by atoms with van der Waals surface area (Å²) in [7, 11) is 0. The second-order valence-corrected chi connectivity index (χ2v) is 3.95. The number of carbonyl (C=O) groups excluding carboxylic acids is 2. The highest BCUT2D eigenvalue weighted by Crippen LogP contribution is 2.20. The van der Waals surface area contributed by atoms with Crippen molar-refractivity contribution >= 4 is 11.6 Å². The minimum absolute atomic E-state index is 0.0497. The minimum Gasteiger partial charge on any atom is -0.364 e. The van der Waals surface area contributed by atoms with E-state index in [1.807, 2.05) is 0 Å². The van der Waals surface area contributed by atoms with Crippen molar-refractivity contribution in [2.24, 2.45) is 0 Å². The molecule has 2 aliphatic heterocycles. The van der Waals surface area contributed by atoms with Crippen LogP contribution in [0.4, 0.5) is 0 Å². The molecule has 2 fully saturated rings. The molecule has 2 unspecified atom stereocenters. The standard InChI is InChI=1S/C12H10O4/c13-11(9-5-15-9)7-2-1-3-8(4-7)12(14)10-6-16-10/h1-4,9-10H,5-6H2. The Balaban J connectivity index is 1.86. The summed E-state index contributed by atoms with van der Waals surface area (Å²) in [4.78, 5) is 23.4. The fourth-order valence-corrected chi connectivity index (χ4v) is 1.60. The van der Waals surface area contributed by atoms with Crippen molar-refractivity contribution < 1.29 is 19.1 Å². The lowest BCUT2D eigenvalue weighted by atomic mass is 10.0. The predicted octanol–water partition coefficient (Wildman–Crippen LogP) is 0.850. The van der Waals surface area contributed by atoms with Crippen molar-refractivity contribution in [3.63, 3.8) is 0 Å².